The highest BCUT2D eigenvalue weighted by molar-refractivity contribution is 5.82. The highest BCUT2D eigenvalue weighted by Crippen LogP contribution is 2.31. The third-order valence-electron chi connectivity index (χ3n) is 4.93. The molecule has 3 saturated heterocycles. The van der Waals surface area contributed by atoms with Gasteiger partial charge in [-0.05, 0) is 56.0 Å². The van der Waals surface area contributed by atoms with Crippen molar-refractivity contribution in [3.63, 3.8) is 0 Å². The van der Waals surface area contributed by atoms with Gasteiger partial charge in [0.2, 0.25) is 5.91 Å². The molecular formula is C16H20N4O. The Kier molecular flexibility index (Phi) is 3.15. The standard InChI is InChI=1S/C16H20N4O/c21-16(15-10-12-4-8-19(15)9-5-12)17-11-13-2-1-7-20-14(13)3-6-18-20/h1-3,6-7,12,15H,4-5,8-11H2,(H,17,21). The maximum absolute atomic E-state index is 12.5. The quantitative estimate of drug-likeness (QED) is 0.928. The van der Waals surface area contributed by atoms with Crippen molar-refractivity contribution in [1.29, 1.82) is 0 Å². The number of hydrogen-bond donors (Lipinski definition) is 1. The number of pyridine rings is 1. The van der Waals surface area contributed by atoms with Crippen LogP contribution in [0.5, 0.6) is 0 Å². The Bertz CT molecular complexity index is 657. The second-order valence-electron chi connectivity index (χ2n) is 6.14. The van der Waals surface area contributed by atoms with Gasteiger partial charge in [-0.3, -0.25) is 9.69 Å². The molecule has 3 fully saturated rings. The van der Waals surface area contributed by atoms with E-state index in [4.69, 9.17) is 0 Å². The van der Waals surface area contributed by atoms with Gasteiger partial charge < -0.3 is 5.32 Å². The van der Waals surface area contributed by atoms with Crippen molar-refractivity contribution >= 4 is 11.4 Å². The van der Waals surface area contributed by atoms with Crippen LogP contribution in [0.4, 0.5) is 0 Å². The molecule has 1 amide bonds. The number of amides is 1. The first-order valence-corrected chi connectivity index (χ1v) is 7.74. The number of piperidine rings is 3. The van der Waals surface area contributed by atoms with Crippen molar-refractivity contribution in [2.24, 2.45) is 5.92 Å². The summed E-state index contributed by atoms with van der Waals surface area (Å²) in [6, 6.07) is 6.08. The van der Waals surface area contributed by atoms with Gasteiger partial charge in [0, 0.05) is 18.9 Å². The Morgan fingerprint density at radius 3 is 2.95 bits per heavy atom. The number of nitrogens with zero attached hydrogens (tertiary/aromatic N) is 3. The zero-order valence-corrected chi connectivity index (χ0v) is 12.0. The molecule has 1 unspecified atom stereocenters. The molecule has 3 aliphatic rings. The van der Waals surface area contributed by atoms with Gasteiger partial charge in [0.1, 0.15) is 0 Å². The molecule has 21 heavy (non-hydrogen) atoms. The van der Waals surface area contributed by atoms with E-state index in [0.29, 0.717) is 6.54 Å². The number of hydrogen-bond acceptors (Lipinski definition) is 3. The smallest absolute Gasteiger partial charge is 0.237 e. The topological polar surface area (TPSA) is 49.6 Å². The minimum atomic E-state index is 0.0853. The molecule has 2 aromatic rings. The second kappa shape index (κ2) is 5.15. The Labute approximate surface area is 123 Å². The van der Waals surface area contributed by atoms with Crippen molar-refractivity contribution in [2.75, 3.05) is 13.1 Å². The Hall–Kier alpha value is -1.88. The largest absolute Gasteiger partial charge is 0.351 e. The highest BCUT2D eigenvalue weighted by Gasteiger charge is 2.37. The van der Waals surface area contributed by atoms with Crippen LogP contribution in [0.1, 0.15) is 24.8 Å². The molecule has 2 bridgehead atoms. The normalized spacial score (nSPS) is 27.9. The SMILES string of the molecule is O=C(NCc1cccn2nccc12)C1CC2CCN1CC2. The van der Waals surface area contributed by atoms with E-state index in [1.54, 1.807) is 6.20 Å². The van der Waals surface area contributed by atoms with Gasteiger partial charge in [0.15, 0.2) is 0 Å². The molecule has 110 valence electrons. The van der Waals surface area contributed by atoms with Crippen LogP contribution >= 0.6 is 0 Å². The van der Waals surface area contributed by atoms with Crippen LogP contribution < -0.4 is 5.32 Å². The number of carbonyl (C=O) groups excluding carboxylic acids is 1. The summed E-state index contributed by atoms with van der Waals surface area (Å²) in [5.41, 5.74) is 2.17. The maximum Gasteiger partial charge on any atom is 0.237 e. The Morgan fingerprint density at radius 1 is 1.33 bits per heavy atom. The predicted molar refractivity (Wildman–Crippen MR) is 79.7 cm³/mol. The van der Waals surface area contributed by atoms with Crippen molar-refractivity contribution in [2.45, 2.75) is 31.8 Å². The molecule has 5 rings (SSSR count). The Morgan fingerprint density at radius 2 is 2.19 bits per heavy atom. The number of aromatic nitrogens is 2. The van der Waals surface area contributed by atoms with Crippen LogP contribution in [0.25, 0.3) is 5.52 Å². The van der Waals surface area contributed by atoms with E-state index in [1.807, 2.05) is 28.9 Å². The third kappa shape index (κ3) is 2.31. The zero-order chi connectivity index (χ0) is 14.2. The van der Waals surface area contributed by atoms with Crippen LogP contribution in [0.2, 0.25) is 0 Å². The number of carbonyl (C=O) groups is 1. The fourth-order valence-electron chi connectivity index (χ4n) is 3.70. The zero-order valence-electron chi connectivity index (χ0n) is 12.0. The summed E-state index contributed by atoms with van der Waals surface area (Å²) in [7, 11) is 0. The van der Waals surface area contributed by atoms with Gasteiger partial charge in [-0.15, -0.1) is 0 Å². The lowest BCUT2D eigenvalue weighted by molar-refractivity contribution is -0.130. The lowest BCUT2D eigenvalue weighted by Crippen LogP contribution is -2.55. The molecule has 3 aliphatic heterocycles. The molecule has 5 heterocycles. The van der Waals surface area contributed by atoms with Gasteiger partial charge in [0.05, 0.1) is 11.6 Å². The molecule has 0 aromatic carbocycles. The molecule has 0 saturated carbocycles. The lowest BCUT2D eigenvalue weighted by atomic mass is 9.83. The fourth-order valence-corrected chi connectivity index (χ4v) is 3.70. The molecule has 0 spiro atoms. The van der Waals surface area contributed by atoms with Crippen LogP contribution in [0, 0.1) is 5.92 Å². The van der Waals surface area contributed by atoms with Crippen LogP contribution in [-0.2, 0) is 11.3 Å². The minimum absolute atomic E-state index is 0.0853. The van der Waals surface area contributed by atoms with E-state index in [9.17, 15) is 4.79 Å². The minimum Gasteiger partial charge on any atom is -0.351 e. The van der Waals surface area contributed by atoms with Crippen LogP contribution in [0.15, 0.2) is 30.6 Å². The van der Waals surface area contributed by atoms with Crippen molar-refractivity contribution < 1.29 is 4.79 Å². The van der Waals surface area contributed by atoms with Gasteiger partial charge in [-0.2, -0.15) is 5.10 Å². The predicted octanol–water partition coefficient (Wildman–Crippen LogP) is 1.43. The second-order valence-corrected chi connectivity index (χ2v) is 6.14. The average Bonchev–Trinajstić information content (AvgIpc) is 3.02. The van der Waals surface area contributed by atoms with Gasteiger partial charge in [-0.1, -0.05) is 6.07 Å². The maximum atomic E-state index is 12.5. The van der Waals surface area contributed by atoms with Gasteiger partial charge in [-0.25, -0.2) is 4.52 Å². The molecule has 1 atom stereocenters. The summed E-state index contributed by atoms with van der Waals surface area (Å²) in [6.45, 7) is 2.74. The average molecular weight is 284 g/mol. The van der Waals surface area contributed by atoms with E-state index in [-0.39, 0.29) is 11.9 Å². The molecule has 5 nitrogen and oxygen atoms in total. The summed E-state index contributed by atoms with van der Waals surface area (Å²) in [4.78, 5) is 14.8. The van der Waals surface area contributed by atoms with Gasteiger partial charge >= 0.3 is 0 Å². The highest BCUT2D eigenvalue weighted by atomic mass is 16.2. The summed E-state index contributed by atoms with van der Waals surface area (Å²) in [5, 5.41) is 7.34. The summed E-state index contributed by atoms with van der Waals surface area (Å²) in [5.74, 6) is 0.935. The van der Waals surface area contributed by atoms with Gasteiger partial charge in [0.25, 0.3) is 0 Å². The summed E-state index contributed by atoms with van der Waals surface area (Å²) >= 11 is 0. The van der Waals surface area contributed by atoms with Crippen molar-refractivity contribution in [3.8, 4) is 0 Å². The summed E-state index contributed by atoms with van der Waals surface area (Å²) < 4.78 is 1.84. The van der Waals surface area contributed by atoms with Crippen molar-refractivity contribution in [3.05, 3.63) is 36.2 Å². The van der Waals surface area contributed by atoms with E-state index in [2.05, 4.69) is 15.3 Å². The fraction of sp³-hybridized carbons (Fsp3) is 0.500. The molecular weight excluding hydrogens is 264 g/mol. The first kappa shape index (κ1) is 12.8. The summed E-state index contributed by atoms with van der Waals surface area (Å²) in [6.07, 6.45) is 7.26. The molecule has 2 aromatic heterocycles. The number of rotatable bonds is 3. The van der Waals surface area contributed by atoms with E-state index < -0.39 is 0 Å². The number of nitrogens with one attached hydrogen (secondary N) is 1. The number of fused-ring (bicyclic) bond motifs is 4. The molecule has 1 N–H and O–H groups in total. The molecule has 0 radical (unpaired) electrons. The van der Waals surface area contributed by atoms with Crippen LogP contribution in [0.3, 0.4) is 0 Å². The third-order valence-corrected chi connectivity index (χ3v) is 4.93. The first-order valence-electron chi connectivity index (χ1n) is 7.74. The van der Waals surface area contributed by atoms with E-state index >= 15 is 0 Å². The van der Waals surface area contributed by atoms with Crippen molar-refractivity contribution in [1.82, 2.24) is 19.8 Å². The Balaban J connectivity index is 1.45. The molecule has 5 heteroatoms. The van der Waals surface area contributed by atoms with E-state index in [0.717, 1.165) is 36.5 Å². The lowest BCUT2D eigenvalue weighted by Gasteiger charge is -2.44. The first-order chi connectivity index (χ1) is 10.3. The molecule has 0 aliphatic carbocycles. The van der Waals surface area contributed by atoms with Crippen LogP contribution in [-0.4, -0.2) is 39.6 Å². The monoisotopic (exact) mass is 284 g/mol. The van der Waals surface area contributed by atoms with E-state index in [1.165, 1.54) is 12.8 Å².